The van der Waals surface area contributed by atoms with Crippen LogP contribution in [0.5, 0.6) is 0 Å². The van der Waals surface area contributed by atoms with Crippen molar-refractivity contribution in [3.63, 3.8) is 0 Å². The third-order valence-electron chi connectivity index (χ3n) is 2.60. The Hall–Kier alpha value is -1.69. The van der Waals surface area contributed by atoms with Crippen LogP contribution in [-0.4, -0.2) is 20.7 Å². The molecule has 0 spiro atoms. The highest BCUT2D eigenvalue weighted by molar-refractivity contribution is 9.10. The summed E-state index contributed by atoms with van der Waals surface area (Å²) in [5, 5.41) is 6.80. The third-order valence-corrected chi connectivity index (χ3v) is 3.43. The van der Waals surface area contributed by atoms with Crippen LogP contribution in [0.15, 0.2) is 35.2 Å². The van der Waals surface area contributed by atoms with E-state index in [0.29, 0.717) is 5.82 Å². The molecule has 94 valence electrons. The molecule has 1 amide bonds. The van der Waals surface area contributed by atoms with Crippen LogP contribution in [-0.2, 0) is 4.79 Å². The lowest BCUT2D eigenvalue weighted by molar-refractivity contribution is -0.119. The number of hydrogen-bond donors (Lipinski definition) is 1. The highest BCUT2D eigenvalue weighted by atomic mass is 79.9. The number of aromatic nitrogens is 3. The Balaban J connectivity index is 2.09. The number of nitrogens with one attached hydrogen (secondary N) is 1. The van der Waals surface area contributed by atoms with Gasteiger partial charge in [0.15, 0.2) is 0 Å². The summed E-state index contributed by atoms with van der Waals surface area (Å²) in [5.41, 5.74) is 1.02. The standard InChI is InChI=1S/C12H13BrN4O/c1-8-6-11(14-7-10(8)13)16-12(18)9(2)17-5-3-4-15-17/h3-7,9H,1-2H3,(H,14,16,18). The molecule has 2 aromatic heterocycles. The van der Waals surface area contributed by atoms with Crippen molar-refractivity contribution in [2.75, 3.05) is 5.32 Å². The van der Waals surface area contributed by atoms with E-state index in [1.807, 2.05) is 13.0 Å². The number of anilines is 1. The molecule has 18 heavy (non-hydrogen) atoms. The van der Waals surface area contributed by atoms with E-state index in [-0.39, 0.29) is 11.9 Å². The van der Waals surface area contributed by atoms with Gasteiger partial charge in [-0.2, -0.15) is 5.10 Å². The maximum Gasteiger partial charge on any atom is 0.250 e. The molecule has 5 nitrogen and oxygen atoms in total. The van der Waals surface area contributed by atoms with Crippen LogP contribution in [0.2, 0.25) is 0 Å². The molecule has 0 aliphatic rings. The molecule has 0 aromatic carbocycles. The van der Waals surface area contributed by atoms with Gasteiger partial charge in [0.25, 0.3) is 0 Å². The molecule has 0 aliphatic heterocycles. The second kappa shape index (κ2) is 5.30. The fourth-order valence-electron chi connectivity index (χ4n) is 1.47. The first-order valence-electron chi connectivity index (χ1n) is 5.50. The van der Waals surface area contributed by atoms with Crippen LogP contribution in [0, 0.1) is 6.92 Å². The monoisotopic (exact) mass is 308 g/mol. The Morgan fingerprint density at radius 3 is 2.94 bits per heavy atom. The van der Waals surface area contributed by atoms with Crippen LogP contribution >= 0.6 is 15.9 Å². The van der Waals surface area contributed by atoms with Crippen LogP contribution < -0.4 is 5.32 Å². The smallest absolute Gasteiger partial charge is 0.250 e. The Bertz CT molecular complexity index is 553. The summed E-state index contributed by atoms with van der Waals surface area (Å²) >= 11 is 3.37. The lowest BCUT2D eigenvalue weighted by Crippen LogP contribution is -2.24. The summed E-state index contributed by atoms with van der Waals surface area (Å²) < 4.78 is 2.52. The van der Waals surface area contributed by atoms with Crippen LogP contribution in [0.25, 0.3) is 0 Å². The van der Waals surface area contributed by atoms with Gasteiger partial charge >= 0.3 is 0 Å². The molecule has 1 atom stereocenters. The predicted octanol–water partition coefficient (Wildman–Crippen LogP) is 2.55. The molecule has 0 radical (unpaired) electrons. The molecule has 2 rings (SSSR count). The highest BCUT2D eigenvalue weighted by Crippen LogP contribution is 2.18. The lowest BCUT2D eigenvalue weighted by Gasteiger charge is -2.12. The number of nitrogens with zero attached hydrogens (tertiary/aromatic N) is 3. The molecule has 1 N–H and O–H groups in total. The minimum Gasteiger partial charge on any atom is -0.309 e. The van der Waals surface area contributed by atoms with Gasteiger partial charge in [0, 0.05) is 23.1 Å². The van der Waals surface area contributed by atoms with Crippen molar-refractivity contribution in [2.24, 2.45) is 0 Å². The molecule has 1 unspecified atom stereocenters. The highest BCUT2D eigenvalue weighted by Gasteiger charge is 2.15. The summed E-state index contributed by atoms with van der Waals surface area (Å²) in [4.78, 5) is 16.1. The number of halogens is 1. The largest absolute Gasteiger partial charge is 0.309 e. The summed E-state index contributed by atoms with van der Waals surface area (Å²) in [6.07, 6.45) is 5.07. The number of carbonyl (C=O) groups excluding carboxylic acids is 1. The quantitative estimate of drug-likeness (QED) is 0.948. The number of pyridine rings is 1. The van der Waals surface area contributed by atoms with E-state index < -0.39 is 0 Å². The van der Waals surface area contributed by atoms with E-state index in [0.717, 1.165) is 10.0 Å². The molecule has 2 aromatic rings. The normalized spacial score (nSPS) is 12.2. The van der Waals surface area contributed by atoms with Gasteiger partial charge in [0.05, 0.1) is 0 Å². The fourth-order valence-corrected chi connectivity index (χ4v) is 1.69. The van der Waals surface area contributed by atoms with Gasteiger partial charge in [-0.3, -0.25) is 9.48 Å². The predicted molar refractivity (Wildman–Crippen MR) is 72.2 cm³/mol. The molecular formula is C12H13BrN4O. The van der Waals surface area contributed by atoms with Crippen LogP contribution in [0.1, 0.15) is 18.5 Å². The fraction of sp³-hybridized carbons (Fsp3) is 0.250. The number of carbonyl (C=O) groups is 1. The van der Waals surface area contributed by atoms with Crippen LogP contribution in [0.4, 0.5) is 5.82 Å². The summed E-state index contributed by atoms with van der Waals surface area (Å²) in [6.45, 7) is 3.73. The lowest BCUT2D eigenvalue weighted by atomic mass is 10.3. The Kier molecular flexibility index (Phi) is 3.76. The van der Waals surface area contributed by atoms with Crippen molar-refractivity contribution in [3.8, 4) is 0 Å². The molecule has 0 bridgehead atoms. The van der Waals surface area contributed by atoms with E-state index in [1.54, 1.807) is 36.3 Å². The summed E-state index contributed by atoms with van der Waals surface area (Å²) in [6, 6.07) is 3.23. The van der Waals surface area contributed by atoms with Crippen molar-refractivity contribution < 1.29 is 4.79 Å². The zero-order valence-electron chi connectivity index (χ0n) is 10.1. The maximum absolute atomic E-state index is 12.0. The second-order valence-corrected chi connectivity index (χ2v) is 4.82. The van der Waals surface area contributed by atoms with Crippen molar-refractivity contribution >= 4 is 27.7 Å². The van der Waals surface area contributed by atoms with E-state index >= 15 is 0 Å². The minimum atomic E-state index is -0.370. The second-order valence-electron chi connectivity index (χ2n) is 3.97. The van der Waals surface area contributed by atoms with E-state index in [1.165, 1.54) is 0 Å². The molecule has 2 heterocycles. The zero-order chi connectivity index (χ0) is 13.1. The first-order chi connectivity index (χ1) is 8.58. The van der Waals surface area contributed by atoms with Gasteiger partial charge in [-0.05, 0) is 47.5 Å². The first-order valence-corrected chi connectivity index (χ1v) is 6.29. The maximum atomic E-state index is 12.0. The Morgan fingerprint density at radius 1 is 1.56 bits per heavy atom. The minimum absolute atomic E-state index is 0.145. The van der Waals surface area contributed by atoms with Gasteiger partial charge < -0.3 is 5.32 Å². The Labute approximate surface area is 113 Å². The number of aryl methyl sites for hydroxylation is 1. The number of rotatable bonds is 3. The van der Waals surface area contributed by atoms with E-state index in [4.69, 9.17) is 0 Å². The van der Waals surface area contributed by atoms with Crippen molar-refractivity contribution in [2.45, 2.75) is 19.9 Å². The van der Waals surface area contributed by atoms with Gasteiger partial charge in [0.1, 0.15) is 11.9 Å². The number of hydrogen-bond acceptors (Lipinski definition) is 3. The Morgan fingerprint density at radius 2 is 2.33 bits per heavy atom. The van der Waals surface area contributed by atoms with Crippen molar-refractivity contribution in [3.05, 3.63) is 40.8 Å². The molecule has 6 heteroatoms. The van der Waals surface area contributed by atoms with Crippen LogP contribution in [0.3, 0.4) is 0 Å². The molecular weight excluding hydrogens is 296 g/mol. The molecule has 0 saturated heterocycles. The topological polar surface area (TPSA) is 59.8 Å². The SMILES string of the molecule is Cc1cc(NC(=O)C(C)n2cccn2)ncc1Br. The van der Waals surface area contributed by atoms with Gasteiger partial charge in [-0.25, -0.2) is 4.98 Å². The van der Waals surface area contributed by atoms with Gasteiger partial charge in [-0.15, -0.1) is 0 Å². The zero-order valence-corrected chi connectivity index (χ0v) is 11.7. The van der Waals surface area contributed by atoms with E-state index in [2.05, 4.69) is 31.3 Å². The van der Waals surface area contributed by atoms with E-state index in [9.17, 15) is 4.79 Å². The summed E-state index contributed by atoms with van der Waals surface area (Å²) in [5.74, 6) is 0.396. The van der Waals surface area contributed by atoms with Gasteiger partial charge in [0.2, 0.25) is 5.91 Å². The molecule has 0 fully saturated rings. The van der Waals surface area contributed by atoms with Crippen molar-refractivity contribution in [1.29, 1.82) is 0 Å². The van der Waals surface area contributed by atoms with Gasteiger partial charge in [-0.1, -0.05) is 0 Å². The molecule has 0 saturated carbocycles. The average Bonchev–Trinajstić information content (AvgIpc) is 2.86. The third kappa shape index (κ3) is 2.76. The molecule has 0 aliphatic carbocycles. The number of amides is 1. The van der Waals surface area contributed by atoms with Crippen molar-refractivity contribution in [1.82, 2.24) is 14.8 Å². The summed E-state index contributed by atoms with van der Waals surface area (Å²) in [7, 11) is 0. The average molecular weight is 309 g/mol. The first kappa shape index (κ1) is 12.8.